The van der Waals surface area contributed by atoms with Crippen LogP contribution in [-0.2, 0) is 0 Å². The molecule has 11 rings (SSSR count). The molecule has 0 radical (unpaired) electrons. The molecule has 0 aliphatic rings. The molecule has 0 unspecified atom stereocenters. The zero-order chi connectivity index (χ0) is 39.8. The second-order valence-electron chi connectivity index (χ2n) is 15.3. The van der Waals surface area contributed by atoms with Crippen molar-refractivity contribution in [2.45, 2.75) is 0 Å². The predicted octanol–water partition coefficient (Wildman–Crippen LogP) is 17.0. The van der Waals surface area contributed by atoms with Crippen molar-refractivity contribution in [2.24, 2.45) is 0 Å². The lowest BCUT2D eigenvalue weighted by Crippen LogP contribution is -2.12. The summed E-state index contributed by atoms with van der Waals surface area (Å²) >= 11 is 1.88. The third-order valence-electron chi connectivity index (χ3n) is 11.7. The lowest BCUT2D eigenvalue weighted by molar-refractivity contribution is 1.30. The van der Waals surface area contributed by atoms with Crippen molar-refractivity contribution in [2.75, 3.05) is 4.90 Å². The van der Waals surface area contributed by atoms with Crippen molar-refractivity contribution in [3.8, 4) is 55.6 Å². The smallest absolute Gasteiger partial charge is 0.0540 e. The molecule has 0 spiro atoms. The molecule has 0 amide bonds. The van der Waals surface area contributed by atoms with Gasteiger partial charge in [0.25, 0.3) is 0 Å². The van der Waals surface area contributed by atoms with Crippen molar-refractivity contribution in [1.82, 2.24) is 0 Å². The summed E-state index contributed by atoms with van der Waals surface area (Å²) in [4.78, 5) is 2.44. The fraction of sp³-hybridized carbons (Fsp3) is 0. The summed E-state index contributed by atoms with van der Waals surface area (Å²) in [6.45, 7) is 0. The minimum atomic E-state index is 1.09. The van der Waals surface area contributed by atoms with Crippen molar-refractivity contribution in [3.63, 3.8) is 0 Å². The molecule has 0 aliphatic carbocycles. The summed E-state index contributed by atoms with van der Waals surface area (Å²) < 4.78 is 2.63. The van der Waals surface area contributed by atoms with Crippen LogP contribution < -0.4 is 4.90 Å². The molecule has 1 nitrogen and oxygen atoms in total. The highest BCUT2D eigenvalue weighted by atomic mass is 32.1. The van der Waals surface area contributed by atoms with Gasteiger partial charge in [-0.25, -0.2) is 0 Å². The second kappa shape index (κ2) is 15.3. The summed E-state index contributed by atoms with van der Waals surface area (Å²) in [5.41, 5.74) is 15.4. The predicted molar refractivity (Wildman–Crippen MR) is 259 cm³/mol. The maximum Gasteiger partial charge on any atom is 0.0540 e. The zero-order valence-corrected chi connectivity index (χ0v) is 33.7. The molecule has 0 fully saturated rings. The first-order valence-corrected chi connectivity index (χ1v) is 21.3. The van der Waals surface area contributed by atoms with Crippen LogP contribution in [0, 0.1) is 0 Å². The first kappa shape index (κ1) is 35.6. The first-order chi connectivity index (χ1) is 29.8. The van der Waals surface area contributed by atoms with Gasteiger partial charge in [-0.15, -0.1) is 11.3 Å². The Morgan fingerprint density at radius 3 is 1.57 bits per heavy atom. The molecule has 1 aromatic heterocycles. The van der Waals surface area contributed by atoms with Crippen molar-refractivity contribution in [1.29, 1.82) is 0 Å². The minimum absolute atomic E-state index is 1.09. The fourth-order valence-corrected chi connectivity index (χ4v) is 10.0. The first-order valence-electron chi connectivity index (χ1n) is 20.5. The standard InChI is InChI=1S/C58H39NS/c1-4-16-40(17-5-1)46-33-37-56(53(38-46)44-20-8-3-9-21-44)59(55-28-14-23-43-22-10-11-24-49(43)55)47-34-30-41(31-35-47)45-32-36-48(42-18-6-2-7-19-42)54(39-45)52-27-15-26-51-50-25-12-13-29-57(50)60-58(51)52/h1-39H. The number of rotatable bonds is 8. The van der Waals surface area contributed by atoms with Gasteiger partial charge in [0.1, 0.15) is 0 Å². The van der Waals surface area contributed by atoms with Crippen LogP contribution in [0.15, 0.2) is 237 Å². The Balaban J connectivity index is 1.08. The van der Waals surface area contributed by atoms with Gasteiger partial charge >= 0.3 is 0 Å². The second-order valence-corrected chi connectivity index (χ2v) is 16.3. The molecule has 0 saturated heterocycles. The van der Waals surface area contributed by atoms with Gasteiger partial charge in [-0.1, -0.05) is 194 Å². The number of benzene rings is 10. The summed E-state index contributed by atoms with van der Waals surface area (Å²) in [6.07, 6.45) is 0. The highest BCUT2D eigenvalue weighted by Gasteiger charge is 2.21. The molecule has 10 aromatic carbocycles. The van der Waals surface area contributed by atoms with Gasteiger partial charge in [-0.05, 0) is 92.4 Å². The van der Waals surface area contributed by atoms with Gasteiger partial charge in [-0.3, -0.25) is 0 Å². The molecule has 0 aliphatic heterocycles. The number of thiophene rings is 1. The third kappa shape index (κ3) is 6.44. The summed E-state index contributed by atoms with van der Waals surface area (Å²) in [7, 11) is 0. The Morgan fingerprint density at radius 2 is 0.817 bits per heavy atom. The van der Waals surface area contributed by atoms with E-state index in [0.29, 0.717) is 0 Å². The molecular formula is C58H39NS. The quantitative estimate of drug-likeness (QED) is 0.148. The van der Waals surface area contributed by atoms with Crippen LogP contribution in [0.2, 0.25) is 0 Å². The van der Waals surface area contributed by atoms with Gasteiger partial charge in [0.2, 0.25) is 0 Å². The van der Waals surface area contributed by atoms with Crippen molar-refractivity contribution < 1.29 is 0 Å². The molecule has 0 bridgehead atoms. The lowest BCUT2D eigenvalue weighted by atomic mass is 9.90. The number of nitrogens with zero attached hydrogens (tertiary/aromatic N) is 1. The van der Waals surface area contributed by atoms with E-state index in [-0.39, 0.29) is 0 Å². The van der Waals surface area contributed by atoms with E-state index in [9.17, 15) is 0 Å². The highest BCUT2D eigenvalue weighted by molar-refractivity contribution is 7.26. The number of hydrogen-bond acceptors (Lipinski definition) is 2. The molecule has 282 valence electrons. The fourth-order valence-electron chi connectivity index (χ4n) is 8.78. The number of hydrogen-bond donors (Lipinski definition) is 0. The molecule has 1 heterocycles. The maximum absolute atomic E-state index is 2.44. The van der Waals surface area contributed by atoms with Crippen molar-refractivity contribution >= 4 is 59.3 Å². The lowest BCUT2D eigenvalue weighted by Gasteiger charge is -2.29. The molecule has 2 heteroatoms. The number of anilines is 3. The molecule has 0 atom stereocenters. The summed E-state index contributed by atoms with van der Waals surface area (Å²) in [5, 5.41) is 5.03. The normalized spacial score (nSPS) is 11.3. The highest BCUT2D eigenvalue weighted by Crippen LogP contribution is 2.47. The van der Waals surface area contributed by atoms with Crippen LogP contribution in [0.4, 0.5) is 17.1 Å². The van der Waals surface area contributed by atoms with E-state index in [1.807, 2.05) is 11.3 Å². The molecule has 0 N–H and O–H groups in total. The van der Waals surface area contributed by atoms with Crippen LogP contribution in [0.25, 0.3) is 86.6 Å². The Bertz CT molecular complexity index is 3290. The Morgan fingerprint density at radius 1 is 0.283 bits per heavy atom. The Labute approximate surface area is 354 Å². The largest absolute Gasteiger partial charge is 0.309 e. The summed E-state index contributed by atoms with van der Waals surface area (Å²) in [6, 6.07) is 86.1. The minimum Gasteiger partial charge on any atom is -0.309 e. The molecular weight excluding hydrogens is 743 g/mol. The number of fused-ring (bicyclic) bond motifs is 4. The van der Waals surface area contributed by atoms with E-state index < -0.39 is 0 Å². The van der Waals surface area contributed by atoms with Crippen LogP contribution in [0.1, 0.15) is 0 Å². The molecule has 11 aromatic rings. The Hall–Kier alpha value is -7.52. The average molecular weight is 782 g/mol. The zero-order valence-electron chi connectivity index (χ0n) is 32.9. The van der Waals surface area contributed by atoms with E-state index >= 15 is 0 Å². The van der Waals surface area contributed by atoms with E-state index in [2.05, 4.69) is 241 Å². The van der Waals surface area contributed by atoms with Crippen molar-refractivity contribution in [3.05, 3.63) is 237 Å². The molecule has 60 heavy (non-hydrogen) atoms. The van der Waals surface area contributed by atoms with Crippen LogP contribution >= 0.6 is 11.3 Å². The summed E-state index contributed by atoms with van der Waals surface area (Å²) in [5.74, 6) is 0. The van der Waals surface area contributed by atoms with E-state index in [0.717, 1.165) is 17.1 Å². The maximum atomic E-state index is 2.44. The van der Waals surface area contributed by atoms with E-state index in [4.69, 9.17) is 0 Å². The average Bonchev–Trinajstić information content (AvgIpc) is 3.72. The SMILES string of the molecule is c1ccc(-c2ccc(N(c3ccc(-c4ccc(-c5ccccc5)c(-c5cccc6c5sc5ccccc56)c4)cc3)c3cccc4ccccc34)c(-c3ccccc3)c2)cc1. The molecule has 0 saturated carbocycles. The van der Waals surface area contributed by atoms with E-state index in [1.165, 1.54) is 86.6 Å². The van der Waals surface area contributed by atoms with Gasteiger partial charge < -0.3 is 4.90 Å². The van der Waals surface area contributed by atoms with Gasteiger partial charge in [0.15, 0.2) is 0 Å². The third-order valence-corrected chi connectivity index (χ3v) is 12.9. The van der Waals surface area contributed by atoms with Crippen LogP contribution in [0.5, 0.6) is 0 Å². The monoisotopic (exact) mass is 781 g/mol. The Kier molecular flexibility index (Phi) is 9.11. The van der Waals surface area contributed by atoms with Gasteiger partial charge in [0.05, 0.1) is 11.4 Å². The van der Waals surface area contributed by atoms with Crippen LogP contribution in [0.3, 0.4) is 0 Å². The van der Waals surface area contributed by atoms with Gasteiger partial charge in [0, 0.05) is 42.4 Å². The van der Waals surface area contributed by atoms with E-state index in [1.54, 1.807) is 0 Å². The van der Waals surface area contributed by atoms with Crippen LogP contribution in [-0.4, -0.2) is 0 Å². The topological polar surface area (TPSA) is 3.24 Å². The van der Waals surface area contributed by atoms with Gasteiger partial charge in [-0.2, -0.15) is 0 Å².